The third-order valence-corrected chi connectivity index (χ3v) is 3.95. The first kappa shape index (κ1) is 17.0. The summed E-state index contributed by atoms with van der Waals surface area (Å²) in [7, 11) is 0. The van der Waals surface area contributed by atoms with Crippen molar-refractivity contribution in [2.75, 3.05) is 0 Å². The van der Waals surface area contributed by atoms with E-state index in [-0.39, 0.29) is 12.5 Å². The van der Waals surface area contributed by atoms with Gasteiger partial charge in [0.05, 0.1) is 11.1 Å². The Morgan fingerprint density at radius 2 is 1.68 bits per heavy atom. The van der Waals surface area contributed by atoms with Gasteiger partial charge < -0.3 is 13.6 Å². The van der Waals surface area contributed by atoms with Crippen LogP contribution in [0.5, 0.6) is 0 Å². The highest BCUT2D eigenvalue weighted by molar-refractivity contribution is 5.92. The fraction of sp³-hybridized carbons (Fsp3) is 0.316. The third-order valence-electron chi connectivity index (χ3n) is 3.95. The van der Waals surface area contributed by atoms with Crippen LogP contribution in [0.1, 0.15) is 44.5 Å². The van der Waals surface area contributed by atoms with Crippen molar-refractivity contribution in [3.05, 3.63) is 57.9 Å². The minimum Gasteiger partial charge on any atom is -0.466 e. The van der Waals surface area contributed by atoms with Gasteiger partial charge in [0.25, 0.3) is 11.8 Å². The molecular formula is C19H20N2O4. The fourth-order valence-corrected chi connectivity index (χ4v) is 2.97. The number of aryl methyl sites for hydroxylation is 5. The number of benzene rings is 1. The van der Waals surface area contributed by atoms with Crippen molar-refractivity contribution in [1.82, 2.24) is 10.2 Å². The van der Waals surface area contributed by atoms with Gasteiger partial charge in [-0.3, -0.25) is 0 Å². The first-order valence-corrected chi connectivity index (χ1v) is 8.00. The Bertz CT molecular complexity index is 914. The van der Waals surface area contributed by atoms with E-state index in [4.69, 9.17) is 13.6 Å². The number of esters is 1. The minimum absolute atomic E-state index is 0.0749. The fourth-order valence-electron chi connectivity index (χ4n) is 2.97. The summed E-state index contributed by atoms with van der Waals surface area (Å²) in [5, 5.41) is 7.92. The largest absolute Gasteiger partial charge is 0.466 e. The molecule has 0 amide bonds. The first-order chi connectivity index (χ1) is 11.8. The number of ether oxygens (including phenoxy) is 1. The lowest BCUT2D eigenvalue weighted by atomic mass is 10.00. The molecule has 6 heteroatoms. The summed E-state index contributed by atoms with van der Waals surface area (Å²) < 4.78 is 16.4. The number of hydrogen-bond donors (Lipinski definition) is 0. The van der Waals surface area contributed by atoms with Gasteiger partial charge >= 0.3 is 5.97 Å². The maximum absolute atomic E-state index is 12.4. The Balaban J connectivity index is 1.73. The van der Waals surface area contributed by atoms with Crippen LogP contribution in [-0.2, 0) is 11.3 Å². The quantitative estimate of drug-likeness (QED) is 0.661. The van der Waals surface area contributed by atoms with Crippen LogP contribution in [0, 0.1) is 34.6 Å². The van der Waals surface area contributed by atoms with Crippen molar-refractivity contribution >= 4 is 5.97 Å². The van der Waals surface area contributed by atoms with Crippen LogP contribution in [0.4, 0.5) is 0 Å². The molecule has 0 bridgehead atoms. The summed E-state index contributed by atoms with van der Waals surface area (Å²) in [5.41, 5.74) is 4.20. The van der Waals surface area contributed by atoms with Crippen LogP contribution >= 0.6 is 0 Å². The highest BCUT2D eigenvalue weighted by Gasteiger charge is 2.18. The number of rotatable bonds is 4. The molecule has 0 spiro atoms. The first-order valence-electron chi connectivity index (χ1n) is 8.00. The zero-order valence-electron chi connectivity index (χ0n) is 15.0. The smallest absolute Gasteiger partial charge is 0.339 e. The van der Waals surface area contributed by atoms with Gasteiger partial charge in [0, 0.05) is 0 Å². The van der Waals surface area contributed by atoms with E-state index < -0.39 is 5.97 Å². The van der Waals surface area contributed by atoms with Crippen LogP contribution in [0.15, 0.2) is 27.0 Å². The van der Waals surface area contributed by atoms with E-state index in [0.717, 1.165) is 28.0 Å². The SMILES string of the molecule is Cc1cc(C)c(C(=O)OCc2nnc(-c3cc(C)oc3C)o2)c(C)c1. The molecule has 6 nitrogen and oxygen atoms in total. The van der Waals surface area contributed by atoms with Gasteiger partial charge in [-0.05, 0) is 51.8 Å². The molecule has 2 aromatic heterocycles. The summed E-state index contributed by atoms with van der Waals surface area (Å²) in [6.07, 6.45) is 0. The second kappa shape index (κ2) is 6.55. The monoisotopic (exact) mass is 340 g/mol. The average molecular weight is 340 g/mol. The molecule has 0 saturated heterocycles. The lowest BCUT2D eigenvalue weighted by molar-refractivity contribution is 0.0437. The Labute approximate surface area is 145 Å². The number of furan rings is 1. The molecule has 0 saturated carbocycles. The molecule has 130 valence electrons. The van der Waals surface area contributed by atoms with E-state index in [1.807, 2.05) is 52.8 Å². The Kier molecular flexibility index (Phi) is 4.44. The van der Waals surface area contributed by atoms with Crippen molar-refractivity contribution in [2.45, 2.75) is 41.2 Å². The van der Waals surface area contributed by atoms with Crippen molar-refractivity contribution in [1.29, 1.82) is 0 Å². The maximum atomic E-state index is 12.4. The molecule has 0 unspecified atom stereocenters. The summed E-state index contributed by atoms with van der Waals surface area (Å²) in [5.74, 6) is 1.66. The molecule has 25 heavy (non-hydrogen) atoms. The molecule has 0 aliphatic carbocycles. The third kappa shape index (κ3) is 3.47. The zero-order valence-corrected chi connectivity index (χ0v) is 15.0. The Morgan fingerprint density at radius 3 is 2.28 bits per heavy atom. The number of hydrogen-bond acceptors (Lipinski definition) is 6. The Hall–Kier alpha value is -2.89. The van der Waals surface area contributed by atoms with Gasteiger partial charge in [-0.25, -0.2) is 4.79 Å². The zero-order chi connectivity index (χ0) is 18.1. The predicted octanol–water partition coefficient (Wildman–Crippen LogP) is 4.23. The second-order valence-corrected chi connectivity index (χ2v) is 6.18. The van der Waals surface area contributed by atoms with Crippen molar-refractivity contribution in [2.24, 2.45) is 0 Å². The standard InChI is InChI=1S/C19H20N2O4/c1-10-6-11(2)17(12(3)7-10)19(22)23-9-16-20-21-18(25-16)15-8-13(4)24-14(15)5/h6-8H,9H2,1-5H3. The molecule has 1 aromatic carbocycles. The second-order valence-electron chi connectivity index (χ2n) is 6.18. The normalized spacial score (nSPS) is 10.9. The van der Waals surface area contributed by atoms with Gasteiger partial charge in [0.1, 0.15) is 11.5 Å². The number of carbonyl (C=O) groups excluding carboxylic acids is 1. The molecule has 0 aliphatic heterocycles. The summed E-state index contributed by atoms with van der Waals surface area (Å²) >= 11 is 0. The summed E-state index contributed by atoms with van der Waals surface area (Å²) in [4.78, 5) is 12.4. The minimum atomic E-state index is -0.398. The molecule has 0 atom stereocenters. The van der Waals surface area contributed by atoms with E-state index in [0.29, 0.717) is 17.2 Å². The van der Waals surface area contributed by atoms with Crippen LogP contribution in [-0.4, -0.2) is 16.2 Å². The molecule has 0 fully saturated rings. The van der Waals surface area contributed by atoms with Gasteiger partial charge in [0.15, 0.2) is 6.61 Å². The molecule has 2 heterocycles. The number of nitrogens with zero attached hydrogens (tertiary/aromatic N) is 2. The summed E-state index contributed by atoms with van der Waals surface area (Å²) in [6.45, 7) is 9.39. The average Bonchev–Trinajstić information content (AvgIpc) is 3.10. The van der Waals surface area contributed by atoms with Crippen LogP contribution in [0.25, 0.3) is 11.5 Å². The lowest BCUT2D eigenvalue weighted by Crippen LogP contribution is -2.09. The molecule has 0 aliphatic rings. The van der Waals surface area contributed by atoms with Gasteiger partial charge in [-0.2, -0.15) is 0 Å². The van der Waals surface area contributed by atoms with Crippen LogP contribution < -0.4 is 0 Å². The Morgan fingerprint density at radius 1 is 1.00 bits per heavy atom. The van der Waals surface area contributed by atoms with Gasteiger partial charge in [-0.1, -0.05) is 17.7 Å². The van der Waals surface area contributed by atoms with E-state index in [1.165, 1.54) is 0 Å². The molecule has 3 rings (SSSR count). The number of carbonyl (C=O) groups is 1. The highest BCUT2D eigenvalue weighted by Crippen LogP contribution is 2.25. The van der Waals surface area contributed by atoms with E-state index in [2.05, 4.69) is 10.2 Å². The summed E-state index contributed by atoms with van der Waals surface area (Å²) in [6, 6.07) is 5.74. The molecule has 0 radical (unpaired) electrons. The van der Waals surface area contributed by atoms with Gasteiger partial charge in [0.2, 0.25) is 0 Å². The molecular weight excluding hydrogens is 320 g/mol. The number of aromatic nitrogens is 2. The van der Waals surface area contributed by atoms with Crippen LogP contribution in [0.3, 0.4) is 0 Å². The molecule has 3 aromatic rings. The topological polar surface area (TPSA) is 78.4 Å². The van der Waals surface area contributed by atoms with Gasteiger partial charge in [-0.15, -0.1) is 10.2 Å². The lowest BCUT2D eigenvalue weighted by Gasteiger charge is -2.10. The van der Waals surface area contributed by atoms with E-state index >= 15 is 0 Å². The van der Waals surface area contributed by atoms with Crippen molar-refractivity contribution in [3.8, 4) is 11.5 Å². The highest BCUT2D eigenvalue weighted by atomic mass is 16.5. The predicted molar refractivity (Wildman–Crippen MR) is 91.2 cm³/mol. The van der Waals surface area contributed by atoms with E-state index in [9.17, 15) is 4.79 Å². The maximum Gasteiger partial charge on any atom is 0.339 e. The van der Waals surface area contributed by atoms with Crippen molar-refractivity contribution in [3.63, 3.8) is 0 Å². The van der Waals surface area contributed by atoms with Crippen molar-refractivity contribution < 1.29 is 18.4 Å². The molecule has 0 N–H and O–H groups in total. The van der Waals surface area contributed by atoms with Crippen LogP contribution in [0.2, 0.25) is 0 Å². The van der Waals surface area contributed by atoms with E-state index in [1.54, 1.807) is 0 Å².